The molecule has 21 heavy (non-hydrogen) atoms. The van der Waals surface area contributed by atoms with Crippen LogP contribution < -0.4 is 0 Å². The molecule has 116 valence electrons. The first-order valence-electron chi connectivity index (χ1n) is 6.59. The Bertz CT molecular complexity index is 690. The number of sulfonamides is 1. The molecule has 1 aliphatic rings. The Hall–Kier alpha value is -1.67. The number of hydrogen-bond donors (Lipinski definition) is 0. The highest BCUT2D eigenvalue weighted by Gasteiger charge is 2.32. The summed E-state index contributed by atoms with van der Waals surface area (Å²) >= 11 is 0. The van der Waals surface area contributed by atoms with Gasteiger partial charge in [0.05, 0.1) is 25.0 Å². The number of carbonyl (C=O) groups is 2. The van der Waals surface area contributed by atoms with E-state index in [1.165, 1.54) is 4.31 Å². The van der Waals surface area contributed by atoms with E-state index in [4.69, 9.17) is 4.74 Å². The van der Waals surface area contributed by atoms with Crippen LogP contribution in [0.1, 0.15) is 39.0 Å². The van der Waals surface area contributed by atoms with E-state index in [1.807, 2.05) is 0 Å². The molecule has 2 rings (SSSR count). The third-order valence-electron chi connectivity index (χ3n) is 3.66. The summed E-state index contributed by atoms with van der Waals surface area (Å²) < 4.78 is 31.2. The first-order valence-corrected chi connectivity index (χ1v) is 8.43. The highest BCUT2D eigenvalue weighted by Crippen LogP contribution is 2.28. The minimum atomic E-state index is -3.31. The molecule has 0 fully saturated rings. The standard InChI is InChI=1S/C13H18N2O5S/c1-4-20-13(17)12-10(8-16)9-5-6-15(21(3,18)19)7-11(9)14(12)2/h8H,4-7H2,1-3H3. The molecule has 0 saturated heterocycles. The Morgan fingerprint density at radius 3 is 2.62 bits per heavy atom. The van der Waals surface area contributed by atoms with Crippen LogP contribution in [0.2, 0.25) is 0 Å². The molecule has 0 amide bonds. The zero-order valence-corrected chi connectivity index (χ0v) is 13.1. The molecule has 8 heteroatoms. The van der Waals surface area contributed by atoms with Gasteiger partial charge < -0.3 is 9.30 Å². The monoisotopic (exact) mass is 314 g/mol. The van der Waals surface area contributed by atoms with E-state index >= 15 is 0 Å². The van der Waals surface area contributed by atoms with Crippen LogP contribution in [0.5, 0.6) is 0 Å². The van der Waals surface area contributed by atoms with Crippen molar-refractivity contribution in [1.29, 1.82) is 0 Å². The Kier molecular flexibility index (Phi) is 4.20. The quantitative estimate of drug-likeness (QED) is 0.590. The summed E-state index contributed by atoms with van der Waals surface area (Å²) in [5, 5.41) is 0. The van der Waals surface area contributed by atoms with Gasteiger partial charge in [-0.1, -0.05) is 0 Å². The molecule has 0 N–H and O–H groups in total. The van der Waals surface area contributed by atoms with Gasteiger partial charge in [-0.05, 0) is 18.9 Å². The molecule has 1 aromatic heterocycles. The Morgan fingerprint density at radius 2 is 2.10 bits per heavy atom. The number of esters is 1. The molecule has 0 bridgehead atoms. The van der Waals surface area contributed by atoms with Crippen molar-refractivity contribution in [3.8, 4) is 0 Å². The van der Waals surface area contributed by atoms with Crippen molar-refractivity contribution >= 4 is 22.3 Å². The van der Waals surface area contributed by atoms with Gasteiger partial charge in [-0.25, -0.2) is 13.2 Å². The highest BCUT2D eigenvalue weighted by atomic mass is 32.2. The summed E-state index contributed by atoms with van der Waals surface area (Å²) in [6, 6.07) is 0. The smallest absolute Gasteiger partial charge is 0.355 e. The summed E-state index contributed by atoms with van der Waals surface area (Å²) in [6.07, 6.45) is 2.19. The summed E-state index contributed by atoms with van der Waals surface area (Å²) in [5.74, 6) is -0.567. The van der Waals surface area contributed by atoms with Crippen molar-refractivity contribution in [1.82, 2.24) is 8.87 Å². The van der Waals surface area contributed by atoms with Crippen molar-refractivity contribution in [3.63, 3.8) is 0 Å². The molecule has 1 aliphatic heterocycles. The molecule has 0 unspecified atom stereocenters. The van der Waals surface area contributed by atoms with Gasteiger partial charge in [0.2, 0.25) is 10.0 Å². The van der Waals surface area contributed by atoms with Crippen LogP contribution >= 0.6 is 0 Å². The zero-order chi connectivity index (χ0) is 15.8. The number of fused-ring (bicyclic) bond motifs is 1. The van der Waals surface area contributed by atoms with Crippen LogP contribution in [0.15, 0.2) is 0 Å². The SMILES string of the molecule is CCOC(=O)c1c(C=O)c2c(n1C)CN(S(C)(=O)=O)CC2. The van der Waals surface area contributed by atoms with Crippen molar-refractivity contribution in [3.05, 3.63) is 22.5 Å². The minimum absolute atomic E-state index is 0.158. The Balaban J connectivity index is 2.52. The van der Waals surface area contributed by atoms with Crippen LogP contribution in [0.4, 0.5) is 0 Å². The minimum Gasteiger partial charge on any atom is -0.461 e. The molecule has 0 saturated carbocycles. The number of aromatic nitrogens is 1. The first-order chi connectivity index (χ1) is 9.81. The number of carbonyl (C=O) groups excluding carboxylic acids is 2. The number of ether oxygens (including phenoxy) is 1. The average Bonchev–Trinajstić information content (AvgIpc) is 2.70. The molecule has 0 radical (unpaired) electrons. The van der Waals surface area contributed by atoms with Gasteiger partial charge in [0.1, 0.15) is 5.69 Å². The van der Waals surface area contributed by atoms with Gasteiger partial charge in [-0.3, -0.25) is 4.79 Å². The van der Waals surface area contributed by atoms with Gasteiger partial charge >= 0.3 is 5.97 Å². The number of rotatable bonds is 4. The molecule has 0 spiro atoms. The average molecular weight is 314 g/mol. The second-order valence-corrected chi connectivity index (χ2v) is 6.91. The molecule has 0 aromatic carbocycles. The third-order valence-corrected chi connectivity index (χ3v) is 4.91. The first kappa shape index (κ1) is 15.7. The second-order valence-electron chi connectivity index (χ2n) is 4.93. The van der Waals surface area contributed by atoms with Gasteiger partial charge in [0, 0.05) is 19.3 Å². The summed E-state index contributed by atoms with van der Waals surface area (Å²) in [4.78, 5) is 23.4. The topological polar surface area (TPSA) is 85.7 Å². The van der Waals surface area contributed by atoms with E-state index in [-0.39, 0.29) is 18.8 Å². The predicted molar refractivity (Wildman–Crippen MR) is 75.7 cm³/mol. The fourth-order valence-corrected chi connectivity index (χ4v) is 3.42. The number of aldehydes is 1. The van der Waals surface area contributed by atoms with Crippen LogP contribution in [-0.4, -0.2) is 49.0 Å². The number of nitrogens with zero attached hydrogens (tertiary/aromatic N) is 2. The fraction of sp³-hybridized carbons (Fsp3) is 0.538. The predicted octanol–water partition coefficient (Wildman–Crippen LogP) is 0.332. The van der Waals surface area contributed by atoms with Gasteiger partial charge in [0.15, 0.2) is 6.29 Å². The lowest BCUT2D eigenvalue weighted by Gasteiger charge is -2.25. The van der Waals surface area contributed by atoms with Gasteiger partial charge in [-0.2, -0.15) is 4.31 Å². The highest BCUT2D eigenvalue weighted by molar-refractivity contribution is 7.88. The second kappa shape index (κ2) is 5.61. The van der Waals surface area contributed by atoms with Crippen molar-refractivity contribution < 1.29 is 22.7 Å². The lowest BCUT2D eigenvalue weighted by atomic mass is 10.0. The van der Waals surface area contributed by atoms with Crippen molar-refractivity contribution in [2.45, 2.75) is 19.9 Å². The lowest BCUT2D eigenvalue weighted by molar-refractivity contribution is 0.0512. The normalized spacial score (nSPS) is 15.6. The van der Waals surface area contributed by atoms with E-state index < -0.39 is 16.0 Å². The molecule has 1 aromatic rings. The summed E-state index contributed by atoms with van der Waals surface area (Å²) in [6.45, 7) is 2.36. The summed E-state index contributed by atoms with van der Waals surface area (Å²) in [5.41, 5.74) is 1.89. The van der Waals surface area contributed by atoms with Crippen molar-refractivity contribution in [2.24, 2.45) is 7.05 Å². The largest absolute Gasteiger partial charge is 0.461 e. The molecule has 0 atom stereocenters. The molecule has 2 heterocycles. The van der Waals surface area contributed by atoms with E-state index in [2.05, 4.69) is 0 Å². The molecule has 7 nitrogen and oxygen atoms in total. The van der Waals surface area contributed by atoms with Crippen LogP contribution in [0.25, 0.3) is 0 Å². The van der Waals surface area contributed by atoms with Crippen LogP contribution in [0, 0.1) is 0 Å². The van der Waals surface area contributed by atoms with Crippen LogP contribution in [0.3, 0.4) is 0 Å². The summed E-state index contributed by atoms with van der Waals surface area (Å²) in [7, 11) is -1.67. The van der Waals surface area contributed by atoms with E-state index in [9.17, 15) is 18.0 Å². The van der Waals surface area contributed by atoms with Crippen LogP contribution in [-0.2, 0) is 34.8 Å². The maximum absolute atomic E-state index is 12.0. The van der Waals surface area contributed by atoms with E-state index in [0.29, 0.717) is 30.5 Å². The number of hydrogen-bond acceptors (Lipinski definition) is 5. The zero-order valence-electron chi connectivity index (χ0n) is 12.2. The molecular weight excluding hydrogens is 296 g/mol. The van der Waals surface area contributed by atoms with Crippen molar-refractivity contribution in [2.75, 3.05) is 19.4 Å². The Morgan fingerprint density at radius 1 is 1.43 bits per heavy atom. The lowest BCUT2D eigenvalue weighted by Crippen LogP contribution is -2.35. The molecule has 0 aliphatic carbocycles. The van der Waals surface area contributed by atoms with E-state index in [1.54, 1.807) is 18.5 Å². The van der Waals surface area contributed by atoms with Gasteiger partial charge in [0.25, 0.3) is 0 Å². The third kappa shape index (κ3) is 2.73. The van der Waals surface area contributed by atoms with Gasteiger partial charge in [-0.15, -0.1) is 0 Å². The Labute approximate surface area is 123 Å². The molecular formula is C13H18N2O5S. The fourth-order valence-electron chi connectivity index (χ4n) is 2.64. The maximum atomic E-state index is 12.0. The van der Waals surface area contributed by atoms with E-state index in [0.717, 1.165) is 11.8 Å². The maximum Gasteiger partial charge on any atom is 0.355 e.